The highest BCUT2D eigenvalue weighted by Gasteiger charge is 2.44. The summed E-state index contributed by atoms with van der Waals surface area (Å²) in [5.74, 6) is -0.113. The number of thiophene rings is 1. The molecule has 5 nitrogen and oxygen atoms in total. The fraction of sp³-hybridized carbons (Fsp3) is 0.0556. The van der Waals surface area contributed by atoms with E-state index in [0.717, 1.165) is 21.7 Å². The number of hydrogen-bond donors (Lipinski definition) is 1. The Labute approximate surface area is 151 Å². The van der Waals surface area contributed by atoms with Crippen LogP contribution in [0, 0.1) is 0 Å². The molecule has 1 atom stereocenters. The van der Waals surface area contributed by atoms with Crippen LogP contribution in [0.3, 0.4) is 0 Å². The van der Waals surface area contributed by atoms with E-state index in [-0.39, 0.29) is 11.9 Å². The predicted octanol–water partition coefficient (Wildman–Crippen LogP) is 4.34. The third kappa shape index (κ3) is 2.16. The highest BCUT2D eigenvalue weighted by Crippen LogP contribution is 2.45. The molecule has 1 amide bonds. The number of hydrogen-bond acceptors (Lipinski definition) is 5. The first kappa shape index (κ1) is 14.6. The van der Waals surface area contributed by atoms with Crippen LogP contribution in [0.4, 0.5) is 5.13 Å². The SMILES string of the molecule is O=C1c2n[nH]c(-c3cccs3)c2C(c2ccccc2)N1c1nccs1. The summed E-state index contributed by atoms with van der Waals surface area (Å²) < 4.78 is 0. The van der Waals surface area contributed by atoms with E-state index < -0.39 is 0 Å². The summed E-state index contributed by atoms with van der Waals surface area (Å²) in [6.07, 6.45) is 1.72. The smallest absolute Gasteiger partial charge is 0.276 e. The van der Waals surface area contributed by atoms with E-state index >= 15 is 0 Å². The van der Waals surface area contributed by atoms with Gasteiger partial charge in [-0.1, -0.05) is 36.4 Å². The molecule has 3 aromatic heterocycles. The number of aromatic amines is 1. The topological polar surface area (TPSA) is 61.9 Å². The molecule has 7 heteroatoms. The molecule has 25 heavy (non-hydrogen) atoms. The quantitative estimate of drug-likeness (QED) is 0.588. The number of nitrogens with one attached hydrogen (secondary N) is 1. The first-order valence-corrected chi connectivity index (χ1v) is 9.50. The van der Waals surface area contributed by atoms with E-state index in [1.807, 2.05) is 53.2 Å². The van der Waals surface area contributed by atoms with Gasteiger partial charge in [0.15, 0.2) is 10.8 Å². The molecule has 0 bridgehead atoms. The van der Waals surface area contributed by atoms with Gasteiger partial charge in [0, 0.05) is 17.1 Å². The molecule has 0 saturated carbocycles. The second kappa shape index (κ2) is 5.65. The molecule has 0 saturated heterocycles. The summed E-state index contributed by atoms with van der Waals surface area (Å²) in [6.45, 7) is 0. The average Bonchev–Trinajstić information content (AvgIpc) is 3.42. The molecular weight excluding hydrogens is 352 g/mol. The minimum atomic E-state index is -0.231. The van der Waals surface area contributed by atoms with Gasteiger partial charge in [-0.2, -0.15) is 5.10 Å². The maximum Gasteiger partial charge on any atom is 0.281 e. The normalized spacial score (nSPS) is 16.4. The highest BCUT2D eigenvalue weighted by atomic mass is 32.1. The van der Waals surface area contributed by atoms with E-state index in [9.17, 15) is 4.79 Å². The summed E-state index contributed by atoms with van der Waals surface area (Å²) >= 11 is 3.09. The first-order valence-electron chi connectivity index (χ1n) is 7.74. The van der Waals surface area contributed by atoms with Crippen LogP contribution in [-0.2, 0) is 0 Å². The number of thiazole rings is 1. The van der Waals surface area contributed by atoms with Crippen molar-refractivity contribution in [3.05, 3.63) is 76.2 Å². The summed E-state index contributed by atoms with van der Waals surface area (Å²) in [4.78, 5) is 20.3. The molecule has 5 rings (SSSR count). The molecule has 0 radical (unpaired) electrons. The summed E-state index contributed by atoms with van der Waals surface area (Å²) in [5.41, 5.74) is 3.36. The lowest BCUT2D eigenvalue weighted by Gasteiger charge is -2.23. The minimum absolute atomic E-state index is 0.113. The molecule has 0 spiro atoms. The first-order chi connectivity index (χ1) is 12.3. The molecule has 0 aliphatic carbocycles. The Morgan fingerprint density at radius 3 is 2.64 bits per heavy atom. The highest BCUT2D eigenvalue weighted by molar-refractivity contribution is 7.14. The van der Waals surface area contributed by atoms with Crippen molar-refractivity contribution in [2.24, 2.45) is 0 Å². The van der Waals surface area contributed by atoms with Crippen molar-refractivity contribution in [3.63, 3.8) is 0 Å². The van der Waals surface area contributed by atoms with Gasteiger partial charge in [0.1, 0.15) is 0 Å². The van der Waals surface area contributed by atoms with E-state index in [0.29, 0.717) is 10.8 Å². The van der Waals surface area contributed by atoms with Gasteiger partial charge in [0.2, 0.25) is 0 Å². The number of fused-ring (bicyclic) bond motifs is 1. The minimum Gasteiger partial charge on any atom is -0.276 e. The van der Waals surface area contributed by atoms with Crippen LogP contribution in [0.25, 0.3) is 10.6 Å². The monoisotopic (exact) mass is 364 g/mol. The van der Waals surface area contributed by atoms with Gasteiger partial charge in [-0.25, -0.2) is 4.98 Å². The van der Waals surface area contributed by atoms with Crippen LogP contribution in [0.5, 0.6) is 0 Å². The van der Waals surface area contributed by atoms with Crippen molar-refractivity contribution < 1.29 is 4.79 Å². The lowest BCUT2D eigenvalue weighted by molar-refractivity contribution is 0.0988. The number of benzene rings is 1. The number of carbonyl (C=O) groups is 1. The molecule has 122 valence electrons. The number of aromatic nitrogens is 3. The molecule has 4 heterocycles. The Morgan fingerprint density at radius 1 is 1.04 bits per heavy atom. The third-order valence-electron chi connectivity index (χ3n) is 4.27. The van der Waals surface area contributed by atoms with Gasteiger partial charge in [-0.3, -0.25) is 14.8 Å². The van der Waals surface area contributed by atoms with Crippen LogP contribution < -0.4 is 4.90 Å². The van der Waals surface area contributed by atoms with Crippen molar-refractivity contribution in [2.45, 2.75) is 6.04 Å². The zero-order valence-corrected chi connectivity index (χ0v) is 14.6. The number of amides is 1. The van der Waals surface area contributed by atoms with Crippen LogP contribution >= 0.6 is 22.7 Å². The molecule has 1 unspecified atom stereocenters. The van der Waals surface area contributed by atoms with Crippen molar-refractivity contribution in [1.29, 1.82) is 0 Å². The Kier molecular flexibility index (Phi) is 3.29. The van der Waals surface area contributed by atoms with Crippen LogP contribution in [0.15, 0.2) is 59.4 Å². The van der Waals surface area contributed by atoms with Crippen LogP contribution in [0.1, 0.15) is 27.7 Å². The molecule has 1 aliphatic heterocycles. The lowest BCUT2D eigenvalue weighted by atomic mass is 9.98. The van der Waals surface area contributed by atoms with Crippen molar-refractivity contribution in [1.82, 2.24) is 15.2 Å². The molecule has 1 N–H and O–H groups in total. The summed E-state index contributed by atoms with van der Waals surface area (Å²) in [5, 5.41) is 12.0. The number of H-pyrrole nitrogens is 1. The molecule has 0 fully saturated rings. The predicted molar refractivity (Wildman–Crippen MR) is 99.1 cm³/mol. The Morgan fingerprint density at radius 2 is 1.92 bits per heavy atom. The number of anilines is 1. The maximum absolute atomic E-state index is 13.1. The van der Waals surface area contributed by atoms with Crippen molar-refractivity contribution in [2.75, 3.05) is 4.90 Å². The fourth-order valence-electron chi connectivity index (χ4n) is 3.23. The van der Waals surface area contributed by atoms with Gasteiger partial charge < -0.3 is 0 Å². The van der Waals surface area contributed by atoms with Gasteiger partial charge >= 0.3 is 0 Å². The summed E-state index contributed by atoms with van der Waals surface area (Å²) in [7, 11) is 0. The lowest BCUT2D eigenvalue weighted by Crippen LogP contribution is -2.29. The standard InChI is InChI=1S/C18H12N4OS2/c23-17-15-13(14(20-21-15)12-7-4-9-24-12)16(11-5-2-1-3-6-11)22(17)18-19-8-10-25-18/h1-10,16H,(H,20,21). The second-order valence-corrected chi connectivity index (χ2v) is 7.46. The Hall–Kier alpha value is -2.77. The maximum atomic E-state index is 13.1. The van der Waals surface area contributed by atoms with Gasteiger partial charge in [0.25, 0.3) is 5.91 Å². The van der Waals surface area contributed by atoms with E-state index in [1.165, 1.54) is 11.3 Å². The van der Waals surface area contributed by atoms with E-state index in [1.54, 1.807) is 22.4 Å². The number of nitrogens with zero attached hydrogens (tertiary/aromatic N) is 3. The zero-order valence-electron chi connectivity index (χ0n) is 12.9. The zero-order chi connectivity index (χ0) is 16.8. The van der Waals surface area contributed by atoms with Gasteiger partial charge in [0.05, 0.1) is 16.6 Å². The van der Waals surface area contributed by atoms with Crippen molar-refractivity contribution >= 4 is 33.7 Å². The number of carbonyl (C=O) groups excluding carboxylic acids is 1. The van der Waals surface area contributed by atoms with Gasteiger partial charge in [-0.15, -0.1) is 22.7 Å². The van der Waals surface area contributed by atoms with Crippen LogP contribution in [-0.4, -0.2) is 21.1 Å². The van der Waals surface area contributed by atoms with E-state index in [2.05, 4.69) is 15.2 Å². The number of rotatable bonds is 3. The van der Waals surface area contributed by atoms with Crippen molar-refractivity contribution in [3.8, 4) is 10.6 Å². The second-order valence-electron chi connectivity index (χ2n) is 5.64. The van der Waals surface area contributed by atoms with Crippen LogP contribution in [0.2, 0.25) is 0 Å². The molecule has 1 aromatic carbocycles. The molecule has 1 aliphatic rings. The van der Waals surface area contributed by atoms with E-state index in [4.69, 9.17) is 0 Å². The Bertz CT molecular complexity index is 1020. The molecular formula is C18H12N4OS2. The Balaban J connectivity index is 1.75. The third-order valence-corrected chi connectivity index (χ3v) is 5.92. The molecule has 4 aromatic rings. The largest absolute Gasteiger partial charge is 0.281 e. The fourth-order valence-corrected chi connectivity index (χ4v) is 4.63. The average molecular weight is 364 g/mol. The van der Waals surface area contributed by atoms with Gasteiger partial charge in [-0.05, 0) is 17.0 Å². The summed E-state index contributed by atoms with van der Waals surface area (Å²) in [6, 6.07) is 13.8.